The summed E-state index contributed by atoms with van der Waals surface area (Å²) in [7, 11) is 0. The van der Waals surface area contributed by atoms with Crippen LogP contribution in [-0.2, 0) is 24.2 Å². The Morgan fingerprint density at radius 2 is 2.05 bits per heavy atom. The maximum Gasteiger partial charge on any atom is 0.224 e. The highest BCUT2D eigenvalue weighted by Gasteiger charge is 2.05. The summed E-state index contributed by atoms with van der Waals surface area (Å²) in [6, 6.07) is 11.6. The highest BCUT2D eigenvalue weighted by molar-refractivity contribution is 7.11. The van der Waals surface area contributed by atoms with Gasteiger partial charge in [0.15, 0.2) is 0 Å². The zero-order chi connectivity index (χ0) is 13.7. The summed E-state index contributed by atoms with van der Waals surface area (Å²) >= 11 is 1.75. The lowest BCUT2D eigenvalue weighted by atomic mass is 10.1. The van der Waals surface area contributed by atoms with Gasteiger partial charge in [-0.3, -0.25) is 4.79 Å². The number of carbonyl (C=O) groups is 1. The fourth-order valence-corrected chi connectivity index (χ4v) is 2.74. The molecular weight excluding hydrogens is 256 g/mol. The van der Waals surface area contributed by atoms with E-state index in [0.717, 1.165) is 12.0 Å². The van der Waals surface area contributed by atoms with E-state index in [4.69, 9.17) is 5.73 Å². The molecule has 0 spiro atoms. The third kappa shape index (κ3) is 4.10. The Balaban J connectivity index is 1.84. The highest BCUT2D eigenvalue weighted by atomic mass is 32.1. The lowest BCUT2D eigenvalue weighted by Gasteiger charge is -2.04. The molecule has 0 unspecified atom stereocenters. The molecule has 0 saturated carbocycles. The topological polar surface area (TPSA) is 55.1 Å². The number of thiophene rings is 1. The lowest BCUT2D eigenvalue weighted by molar-refractivity contribution is -0.120. The molecule has 19 heavy (non-hydrogen) atoms. The van der Waals surface area contributed by atoms with Crippen molar-refractivity contribution in [3.05, 3.63) is 51.7 Å². The molecule has 0 atom stereocenters. The van der Waals surface area contributed by atoms with Gasteiger partial charge in [0.05, 0.1) is 13.0 Å². The molecule has 4 heteroatoms. The number of rotatable bonds is 5. The van der Waals surface area contributed by atoms with Crippen LogP contribution in [0, 0.1) is 0 Å². The molecule has 1 amide bonds. The van der Waals surface area contributed by atoms with Crippen LogP contribution in [0.2, 0.25) is 0 Å². The molecular formula is C15H18N2OS. The maximum atomic E-state index is 11.8. The number of hydrogen-bond donors (Lipinski definition) is 2. The van der Waals surface area contributed by atoms with Crippen molar-refractivity contribution in [1.82, 2.24) is 5.32 Å². The van der Waals surface area contributed by atoms with E-state index < -0.39 is 0 Å². The predicted molar refractivity (Wildman–Crippen MR) is 80.1 cm³/mol. The molecule has 3 N–H and O–H groups in total. The van der Waals surface area contributed by atoms with Gasteiger partial charge in [-0.1, -0.05) is 19.1 Å². The number of anilines is 1. The van der Waals surface area contributed by atoms with E-state index >= 15 is 0 Å². The molecule has 0 aliphatic rings. The van der Waals surface area contributed by atoms with Crippen molar-refractivity contribution in [2.24, 2.45) is 0 Å². The van der Waals surface area contributed by atoms with Crippen molar-refractivity contribution >= 4 is 22.9 Å². The van der Waals surface area contributed by atoms with Gasteiger partial charge < -0.3 is 11.1 Å². The zero-order valence-corrected chi connectivity index (χ0v) is 11.8. The molecule has 1 aromatic carbocycles. The first-order valence-electron chi connectivity index (χ1n) is 6.36. The number of hydrogen-bond acceptors (Lipinski definition) is 3. The molecule has 0 aliphatic carbocycles. The normalized spacial score (nSPS) is 10.4. The molecule has 1 heterocycles. The first-order valence-corrected chi connectivity index (χ1v) is 7.17. The van der Waals surface area contributed by atoms with Crippen LogP contribution < -0.4 is 11.1 Å². The second-order valence-electron chi connectivity index (χ2n) is 4.42. The average molecular weight is 274 g/mol. The standard InChI is InChI=1S/C15H18N2OS/c1-2-13-6-7-14(19-13)10-17-15(18)9-11-4-3-5-12(16)8-11/h3-8H,2,9-10,16H2,1H3,(H,17,18). The Hall–Kier alpha value is -1.81. The molecule has 2 aromatic rings. The smallest absolute Gasteiger partial charge is 0.224 e. The fourth-order valence-electron chi connectivity index (χ4n) is 1.84. The van der Waals surface area contributed by atoms with Crippen LogP contribution in [0.3, 0.4) is 0 Å². The van der Waals surface area contributed by atoms with E-state index in [1.54, 1.807) is 11.3 Å². The van der Waals surface area contributed by atoms with Gasteiger partial charge in [0, 0.05) is 15.4 Å². The second-order valence-corrected chi connectivity index (χ2v) is 5.67. The van der Waals surface area contributed by atoms with Gasteiger partial charge in [0.2, 0.25) is 5.91 Å². The van der Waals surface area contributed by atoms with Gasteiger partial charge in [0.1, 0.15) is 0 Å². The number of aryl methyl sites for hydroxylation is 1. The lowest BCUT2D eigenvalue weighted by Crippen LogP contribution is -2.24. The first kappa shape index (κ1) is 13.6. The van der Waals surface area contributed by atoms with E-state index in [0.29, 0.717) is 18.7 Å². The monoisotopic (exact) mass is 274 g/mol. The zero-order valence-electron chi connectivity index (χ0n) is 11.0. The number of nitrogens with one attached hydrogen (secondary N) is 1. The van der Waals surface area contributed by atoms with Gasteiger partial charge >= 0.3 is 0 Å². The third-order valence-corrected chi connectivity index (χ3v) is 4.07. The molecule has 2 rings (SSSR count). The minimum Gasteiger partial charge on any atom is -0.399 e. The SMILES string of the molecule is CCc1ccc(CNC(=O)Cc2cccc(N)c2)s1. The van der Waals surface area contributed by atoms with Crippen LogP contribution >= 0.6 is 11.3 Å². The van der Waals surface area contributed by atoms with Gasteiger partial charge in [-0.25, -0.2) is 0 Å². The maximum absolute atomic E-state index is 11.8. The fraction of sp³-hybridized carbons (Fsp3) is 0.267. The van der Waals surface area contributed by atoms with Crippen molar-refractivity contribution in [3.63, 3.8) is 0 Å². The summed E-state index contributed by atoms with van der Waals surface area (Å²) in [6.07, 6.45) is 1.42. The summed E-state index contributed by atoms with van der Waals surface area (Å²) in [5.74, 6) is 0.0250. The van der Waals surface area contributed by atoms with E-state index in [1.165, 1.54) is 9.75 Å². The number of benzene rings is 1. The predicted octanol–water partition coefficient (Wildman–Crippen LogP) is 2.75. The minimum absolute atomic E-state index is 0.0250. The van der Waals surface area contributed by atoms with E-state index in [-0.39, 0.29) is 5.91 Å². The third-order valence-electron chi connectivity index (χ3n) is 2.84. The molecule has 1 aromatic heterocycles. The molecule has 100 valence electrons. The average Bonchev–Trinajstić information content (AvgIpc) is 2.84. The summed E-state index contributed by atoms with van der Waals surface area (Å²) in [5.41, 5.74) is 7.32. The van der Waals surface area contributed by atoms with Crippen molar-refractivity contribution in [2.75, 3.05) is 5.73 Å². The summed E-state index contributed by atoms with van der Waals surface area (Å²) < 4.78 is 0. The van der Waals surface area contributed by atoms with Crippen LogP contribution in [0.25, 0.3) is 0 Å². The van der Waals surface area contributed by atoms with Crippen LogP contribution in [0.15, 0.2) is 36.4 Å². The number of carbonyl (C=O) groups excluding carboxylic acids is 1. The number of nitrogen functional groups attached to an aromatic ring is 1. The number of nitrogens with two attached hydrogens (primary N) is 1. The van der Waals surface area contributed by atoms with Crippen molar-refractivity contribution in [3.8, 4) is 0 Å². The van der Waals surface area contributed by atoms with E-state index in [2.05, 4.69) is 24.4 Å². The van der Waals surface area contributed by atoms with Gasteiger partial charge in [-0.05, 0) is 36.2 Å². The minimum atomic E-state index is 0.0250. The Kier molecular flexibility index (Phi) is 4.58. The molecule has 0 saturated heterocycles. The van der Waals surface area contributed by atoms with Crippen molar-refractivity contribution in [1.29, 1.82) is 0 Å². The highest BCUT2D eigenvalue weighted by Crippen LogP contribution is 2.16. The van der Waals surface area contributed by atoms with E-state index in [1.807, 2.05) is 24.3 Å². The molecule has 0 bridgehead atoms. The Morgan fingerprint density at radius 3 is 2.74 bits per heavy atom. The summed E-state index contributed by atoms with van der Waals surface area (Å²) in [6.45, 7) is 2.74. The molecule has 0 aliphatic heterocycles. The first-order chi connectivity index (χ1) is 9.17. The van der Waals surface area contributed by atoms with Crippen LogP contribution in [-0.4, -0.2) is 5.91 Å². The quantitative estimate of drug-likeness (QED) is 0.824. The van der Waals surface area contributed by atoms with Crippen LogP contribution in [0.4, 0.5) is 5.69 Å². The van der Waals surface area contributed by atoms with Crippen molar-refractivity contribution < 1.29 is 4.79 Å². The largest absolute Gasteiger partial charge is 0.399 e. The number of amides is 1. The molecule has 3 nitrogen and oxygen atoms in total. The summed E-state index contributed by atoms with van der Waals surface area (Å²) in [4.78, 5) is 14.4. The van der Waals surface area contributed by atoms with Gasteiger partial charge in [-0.15, -0.1) is 11.3 Å². The second kappa shape index (κ2) is 6.38. The van der Waals surface area contributed by atoms with E-state index in [9.17, 15) is 4.79 Å². The van der Waals surface area contributed by atoms with Gasteiger partial charge in [0.25, 0.3) is 0 Å². The van der Waals surface area contributed by atoms with Crippen molar-refractivity contribution in [2.45, 2.75) is 26.3 Å². The molecule has 0 radical (unpaired) electrons. The van der Waals surface area contributed by atoms with Gasteiger partial charge in [-0.2, -0.15) is 0 Å². The summed E-state index contributed by atoms with van der Waals surface area (Å²) in [5, 5.41) is 2.93. The molecule has 0 fully saturated rings. The Bertz CT molecular complexity index is 563. The Labute approximate surface area is 117 Å². The Morgan fingerprint density at radius 1 is 1.26 bits per heavy atom. The van der Waals surface area contributed by atoms with Crippen LogP contribution in [0.5, 0.6) is 0 Å². The van der Waals surface area contributed by atoms with Crippen LogP contribution in [0.1, 0.15) is 22.2 Å².